The number of methoxy groups -OCH3 is 1. The minimum Gasteiger partial charge on any atom is -0.462 e. The Morgan fingerprint density at radius 2 is 1.71 bits per heavy atom. The van der Waals surface area contributed by atoms with Gasteiger partial charge in [-0.2, -0.15) is 0 Å². The predicted molar refractivity (Wildman–Crippen MR) is 145 cm³/mol. The van der Waals surface area contributed by atoms with E-state index in [1.807, 2.05) is 63.7 Å². The molecule has 0 radical (unpaired) electrons. The van der Waals surface area contributed by atoms with E-state index in [4.69, 9.17) is 9.47 Å². The summed E-state index contributed by atoms with van der Waals surface area (Å²) in [6, 6.07) is 12.4. The number of halogens is 1. The standard InChI is InChI=1S/C14H19FS.C13H18O3.C2H6/c1-4-5-11(2)10-16-12(3)13-6-8-14(15)9-7-13;1-10-5-6-12(9-11(10)2)13(14)16-8-4-7-15-3;1-2/h5-9,12H,4,10H2,1-3H3;5-6,9H,4,7-8H2,1-3H3;1-2H3/b11-5-;;. The lowest BCUT2D eigenvalue weighted by atomic mass is 10.1. The van der Waals surface area contributed by atoms with Crippen molar-refractivity contribution in [2.75, 3.05) is 26.1 Å². The van der Waals surface area contributed by atoms with Gasteiger partial charge in [-0.3, -0.25) is 0 Å². The molecule has 1 unspecified atom stereocenters. The fourth-order valence-corrected chi connectivity index (χ4v) is 3.79. The Hall–Kier alpha value is -2.11. The fraction of sp³-hybridized carbons (Fsp3) is 0.483. The van der Waals surface area contributed by atoms with Crippen LogP contribution in [0.3, 0.4) is 0 Å². The highest BCUT2D eigenvalue weighted by Gasteiger charge is 2.08. The molecule has 0 saturated carbocycles. The monoisotopic (exact) mass is 490 g/mol. The van der Waals surface area contributed by atoms with Gasteiger partial charge in [0.1, 0.15) is 5.82 Å². The molecule has 0 saturated heterocycles. The highest BCUT2D eigenvalue weighted by Crippen LogP contribution is 2.29. The Bertz CT molecular complexity index is 847. The average molecular weight is 491 g/mol. The molecule has 0 aliphatic carbocycles. The van der Waals surface area contributed by atoms with Crippen LogP contribution in [-0.2, 0) is 9.47 Å². The van der Waals surface area contributed by atoms with Gasteiger partial charge in [-0.1, -0.05) is 50.6 Å². The number of benzene rings is 2. The van der Waals surface area contributed by atoms with Crippen LogP contribution in [0.5, 0.6) is 0 Å². The second-order valence-electron chi connectivity index (χ2n) is 7.74. The first-order valence-electron chi connectivity index (χ1n) is 12.0. The SMILES string of the molecule is CC.CC/C=C(/C)CSC(C)c1ccc(F)cc1.COCCCOC(=O)c1ccc(C)c(C)c1. The molecule has 0 amide bonds. The summed E-state index contributed by atoms with van der Waals surface area (Å²) in [6.07, 6.45) is 4.08. The van der Waals surface area contributed by atoms with Crippen LogP contribution < -0.4 is 0 Å². The van der Waals surface area contributed by atoms with Crippen molar-refractivity contribution >= 4 is 17.7 Å². The van der Waals surface area contributed by atoms with E-state index in [1.165, 1.54) is 28.8 Å². The Kier molecular flexibility index (Phi) is 18.0. The lowest BCUT2D eigenvalue weighted by molar-refractivity contribution is 0.0468. The van der Waals surface area contributed by atoms with E-state index in [-0.39, 0.29) is 11.8 Å². The molecule has 34 heavy (non-hydrogen) atoms. The molecule has 0 bridgehead atoms. The molecule has 0 heterocycles. The van der Waals surface area contributed by atoms with Gasteiger partial charge in [0.2, 0.25) is 0 Å². The summed E-state index contributed by atoms with van der Waals surface area (Å²) in [6.45, 7) is 15.5. The Morgan fingerprint density at radius 3 is 2.26 bits per heavy atom. The maximum absolute atomic E-state index is 12.7. The largest absolute Gasteiger partial charge is 0.462 e. The predicted octanol–water partition coefficient (Wildman–Crippen LogP) is 8.50. The van der Waals surface area contributed by atoms with E-state index in [1.54, 1.807) is 13.2 Å². The molecule has 2 aromatic rings. The number of hydrogen-bond acceptors (Lipinski definition) is 4. The van der Waals surface area contributed by atoms with Crippen molar-refractivity contribution in [1.82, 2.24) is 0 Å². The molecule has 0 aliphatic rings. The number of hydrogen-bond donors (Lipinski definition) is 0. The van der Waals surface area contributed by atoms with Crippen LogP contribution in [0.15, 0.2) is 54.1 Å². The number of ether oxygens (including phenoxy) is 2. The Morgan fingerprint density at radius 1 is 1.06 bits per heavy atom. The van der Waals surface area contributed by atoms with Crippen LogP contribution in [-0.4, -0.2) is 32.0 Å². The Labute approximate surface area is 211 Å². The lowest BCUT2D eigenvalue weighted by Crippen LogP contribution is -2.08. The smallest absolute Gasteiger partial charge is 0.338 e. The molecule has 190 valence electrons. The number of allylic oxidation sites excluding steroid dienone is 1. The van der Waals surface area contributed by atoms with Crippen LogP contribution in [0.25, 0.3) is 0 Å². The maximum atomic E-state index is 12.7. The van der Waals surface area contributed by atoms with Crippen molar-refractivity contribution < 1.29 is 18.7 Å². The topological polar surface area (TPSA) is 35.5 Å². The van der Waals surface area contributed by atoms with Gasteiger partial charge in [-0.25, -0.2) is 9.18 Å². The van der Waals surface area contributed by atoms with Crippen molar-refractivity contribution in [1.29, 1.82) is 0 Å². The van der Waals surface area contributed by atoms with Gasteiger partial charge in [0, 0.05) is 31.1 Å². The van der Waals surface area contributed by atoms with Gasteiger partial charge < -0.3 is 9.47 Å². The first-order chi connectivity index (χ1) is 16.3. The van der Waals surface area contributed by atoms with Crippen LogP contribution >= 0.6 is 11.8 Å². The van der Waals surface area contributed by atoms with Gasteiger partial charge in [0.15, 0.2) is 0 Å². The molecule has 0 fully saturated rings. The summed E-state index contributed by atoms with van der Waals surface area (Å²) < 4.78 is 22.7. The van der Waals surface area contributed by atoms with Gasteiger partial charge in [0.05, 0.1) is 12.2 Å². The second kappa shape index (κ2) is 19.2. The molecule has 0 spiro atoms. The van der Waals surface area contributed by atoms with Crippen molar-refractivity contribution in [3.05, 3.63) is 82.2 Å². The molecule has 3 nitrogen and oxygen atoms in total. The van der Waals surface area contributed by atoms with E-state index in [9.17, 15) is 9.18 Å². The van der Waals surface area contributed by atoms with Gasteiger partial charge >= 0.3 is 5.97 Å². The third-order valence-corrected chi connectivity index (χ3v) is 6.32. The summed E-state index contributed by atoms with van der Waals surface area (Å²) in [5.74, 6) is 0.619. The highest BCUT2D eigenvalue weighted by molar-refractivity contribution is 7.99. The summed E-state index contributed by atoms with van der Waals surface area (Å²) >= 11 is 1.89. The summed E-state index contributed by atoms with van der Waals surface area (Å²) in [5.41, 5.74) is 5.50. The molecule has 1 atom stereocenters. The van der Waals surface area contributed by atoms with Crippen molar-refractivity contribution in [3.8, 4) is 0 Å². The van der Waals surface area contributed by atoms with E-state index < -0.39 is 0 Å². The molecular formula is C29H43FO3S. The molecule has 5 heteroatoms. The summed E-state index contributed by atoms with van der Waals surface area (Å²) in [5, 5.41) is 0.417. The third-order valence-electron chi connectivity index (χ3n) is 4.92. The van der Waals surface area contributed by atoms with Gasteiger partial charge in [-0.15, -0.1) is 11.8 Å². The van der Waals surface area contributed by atoms with Crippen LogP contribution in [0.4, 0.5) is 4.39 Å². The number of rotatable bonds is 10. The van der Waals surface area contributed by atoms with E-state index >= 15 is 0 Å². The minimum atomic E-state index is -0.265. The van der Waals surface area contributed by atoms with Crippen molar-refractivity contribution in [2.24, 2.45) is 0 Å². The minimum absolute atomic E-state index is 0.164. The summed E-state index contributed by atoms with van der Waals surface area (Å²) in [7, 11) is 1.63. The number of esters is 1. The average Bonchev–Trinajstić information content (AvgIpc) is 2.84. The normalized spacial score (nSPS) is 11.5. The van der Waals surface area contributed by atoms with Gasteiger partial charge in [0.25, 0.3) is 0 Å². The van der Waals surface area contributed by atoms with Crippen LogP contribution in [0.1, 0.15) is 79.8 Å². The first kappa shape index (κ1) is 31.9. The van der Waals surface area contributed by atoms with E-state index in [0.717, 1.165) is 24.2 Å². The zero-order chi connectivity index (χ0) is 25.9. The number of thioether (sulfide) groups is 1. The fourth-order valence-electron chi connectivity index (χ4n) is 2.81. The molecular weight excluding hydrogens is 447 g/mol. The van der Waals surface area contributed by atoms with Crippen LogP contribution in [0.2, 0.25) is 0 Å². The number of carbonyl (C=O) groups is 1. The zero-order valence-electron chi connectivity index (χ0n) is 22.2. The second-order valence-corrected chi connectivity index (χ2v) is 9.07. The van der Waals surface area contributed by atoms with Crippen molar-refractivity contribution in [3.63, 3.8) is 0 Å². The molecule has 0 aromatic heterocycles. The third kappa shape index (κ3) is 13.6. The molecule has 0 N–H and O–H groups in total. The lowest BCUT2D eigenvalue weighted by Gasteiger charge is -2.11. The number of aryl methyl sites for hydroxylation is 2. The Balaban J connectivity index is 0.000000597. The first-order valence-corrected chi connectivity index (χ1v) is 13.1. The molecule has 2 rings (SSSR count). The van der Waals surface area contributed by atoms with Gasteiger partial charge in [-0.05, 0) is 75.1 Å². The number of carbonyl (C=O) groups excluding carboxylic acids is 1. The molecule has 2 aromatic carbocycles. The quantitative estimate of drug-likeness (QED) is 0.190. The van der Waals surface area contributed by atoms with E-state index in [2.05, 4.69) is 26.8 Å². The summed E-state index contributed by atoms with van der Waals surface area (Å²) in [4.78, 5) is 11.6. The van der Waals surface area contributed by atoms with Crippen LogP contribution in [0, 0.1) is 19.7 Å². The van der Waals surface area contributed by atoms with Crippen molar-refractivity contribution in [2.45, 2.75) is 66.6 Å². The van der Waals surface area contributed by atoms with E-state index in [0.29, 0.717) is 24.0 Å². The molecule has 0 aliphatic heterocycles. The zero-order valence-corrected chi connectivity index (χ0v) is 23.1. The highest BCUT2D eigenvalue weighted by atomic mass is 32.2. The maximum Gasteiger partial charge on any atom is 0.338 e.